The Morgan fingerprint density at radius 1 is 0.902 bits per heavy atom. The molecule has 0 aromatic heterocycles. The van der Waals surface area contributed by atoms with E-state index < -0.39 is 35.0 Å². The molecule has 1 aliphatic heterocycles. The van der Waals surface area contributed by atoms with Gasteiger partial charge in [-0.05, 0) is 65.8 Å². The number of halogens is 1. The van der Waals surface area contributed by atoms with Crippen LogP contribution >= 0.6 is 15.9 Å². The first kappa shape index (κ1) is 32.8. The van der Waals surface area contributed by atoms with E-state index in [2.05, 4.69) is 22.5 Å². The molecule has 8 heteroatoms. The summed E-state index contributed by atoms with van der Waals surface area (Å²) < 4.78 is 6.21. The summed E-state index contributed by atoms with van der Waals surface area (Å²) in [5.74, 6) is -4.82. The minimum absolute atomic E-state index is 0.153. The van der Waals surface area contributed by atoms with Gasteiger partial charge in [-0.1, -0.05) is 113 Å². The molecule has 1 N–H and O–H groups in total. The zero-order chi connectivity index (χ0) is 35.6. The molecular weight excluding hydrogens is 706 g/mol. The van der Waals surface area contributed by atoms with Crippen molar-refractivity contribution in [2.24, 2.45) is 23.7 Å². The molecule has 3 aliphatic carbocycles. The molecule has 1 heterocycles. The molecule has 4 aromatic carbocycles. The van der Waals surface area contributed by atoms with Gasteiger partial charge in [-0.2, -0.15) is 0 Å². The summed E-state index contributed by atoms with van der Waals surface area (Å²) >= 11 is 3.59. The van der Waals surface area contributed by atoms with Gasteiger partial charge in [0.15, 0.2) is 23.1 Å². The maximum absolute atomic E-state index is 15.2. The molecule has 2 amide bonds. The number of rotatable bonds is 6. The van der Waals surface area contributed by atoms with Crippen LogP contribution in [0.3, 0.4) is 0 Å². The first-order valence-corrected chi connectivity index (χ1v) is 17.8. The number of fused-ring (bicyclic) bond motifs is 4. The van der Waals surface area contributed by atoms with Crippen LogP contribution in [0.2, 0.25) is 0 Å². The van der Waals surface area contributed by atoms with Gasteiger partial charge >= 0.3 is 0 Å². The van der Waals surface area contributed by atoms with Gasteiger partial charge in [0.05, 0.1) is 30.0 Å². The molecule has 7 nitrogen and oxygen atoms in total. The normalized spacial score (nSPS) is 26.9. The number of phenols is 1. The Hall–Kier alpha value is -5.34. The third-order valence-corrected chi connectivity index (χ3v) is 11.8. The second kappa shape index (κ2) is 12.5. The third kappa shape index (κ3) is 4.83. The number of Topliss-reactive ketones (excluding diaryl/α,β-unsaturated/α-hetero) is 1. The lowest BCUT2D eigenvalue weighted by molar-refractivity contribution is -0.135. The Labute approximate surface area is 304 Å². The van der Waals surface area contributed by atoms with E-state index >= 15 is 9.59 Å². The van der Waals surface area contributed by atoms with Crippen molar-refractivity contribution in [2.45, 2.75) is 24.2 Å². The number of imide groups is 1. The third-order valence-electron chi connectivity index (χ3n) is 11.4. The molecule has 2 fully saturated rings. The Morgan fingerprint density at radius 3 is 2.25 bits per heavy atom. The van der Waals surface area contributed by atoms with Crippen LogP contribution in [-0.4, -0.2) is 35.6 Å². The summed E-state index contributed by atoms with van der Waals surface area (Å²) in [4.78, 5) is 60.2. The Balaban J connectivity index is 1.38. The van der Waals surface area contributed by atoms with Crippen molar-refractivity contribution in [1.29, 1.82) is 0 Å². The fourth-order valence-electron chi connectivity index (χ4n) is 9.20. The second-order valence-electron chi connectivity index (χ2n) is 13.6. The first-order chi connectivity index (χ1) is 24.7. The predicted molar refractivity (Wildman–Crippen MR) is 198 cm³/mol. The number of ether oxygens (including phenoxy) is 1. The van der Waals surface area contributed by atoms with Crippen molar-refractivity contribution in [3.8, 4) is 11.5 Å². The predicted octanol–water partition coefficient (Wildman–Crippen LogP) is 7.84. The topological polar surface area (TPSA) is 101 Å². The average Bonchev–Trinajstić information content (AvgIpc) is 3.42. The zero-order valence-electron chi connectivity index (χ0n) is 27.8. The Morgan fingerprint density at radius 2 is 1.59 bits per heavy atom. The molecule has 4 aromatic rings. The highest BCUT2D eigenvalue weighted by molar-refractivity contribution is 9.10. The molecule has 6 atom stereocenters. The molecule has 1 saturated carbocycles. The van der Waals surface area contributed by atoms with E-state index in [0.717, 1.165) is 11.1 Å². The minimum Gasteiger partial charge on any atom is -0.504 e. The number of methoxy groups -OCH3 is 1. The van der Waals surface area contributed by atoms with Crippen LogP contribution in [0.5, 0.6) is 11.5 Å². The maximum Gasteiger partial charge on any atom is 0.238 e. The quantitative estimate of drug-likeness (QED) is 0.160. The molecule has 1 saturated heterocycles. The second-order valence-corrected chi connectivity index (χ2v) is 14.6. The average molecular weight is 741 g/mol. The van der Waals surface area contributed by atoms with Crippen molar-refractivity contribution in [1.82, 2.24) is 0 Å². The number of ketones is 2. The van der Waals surface area contributed by atoms with E-state index in [0.29, 0.717) is 32.4 Å². The first-order valence-electron chi connectivity index (χ1n) is 17.0. The molecule has 4 aliphatic rings. The molecule has 0 spiro atoms. The van der Waals surface area contributed by atoms with Crippen molar-refractivity contribution in [3.63, 3.8) is 0 Å². The number of allylic oxidation sites excluding steroid dienone is 4. The maximum atomic E-state index is 15.2. The summed E-state index contributed by atoms with van der Waals surface area (Å²) in [6, 6.07) is 28.9. The molecule has 0 radical (unpaired) electrons. The smallest absolute Gasteiger partial charge is 0.238 e. The highest BCUT2D eigenvalue weighted by atomic mass is 79.9. The van der Waals surface area contributed by atoms with E-state index in [9.17, 15) is 14.7 Å². The van der Waals surface area contributed by atoms with Crippen LogP contribution in [0, 0.1) is 23.7 Å². The summed E-state index contributed by atoms with van der Waals surface area (Å²) in [5.41, 5.74) is 2.60. The molecule has 51 heavy (non-hydrogen) atoms. The van der Waals surface area contributed by atoms with E-state index in [1.54, 1.807) is 30.3 Å². The number of anilines is 1. The van der Waals surface area contributed by atoms with E-state index in [1.807, 2.05) is 78.9 Å². The Bertz CT molecular complexity index is 2190. The van der Waals surface area contributed by atoms with Gasteiger partial charge in [0, 0.05) is 27.4 Å². The number of aromatic hydroxyl groups is 1. The largest absolute Gasteiger partial charge is 0.504 e. The van der Waals surface area contributed by atoms with Crippen molar-refractivity contribution in [3.05, 3.63) is 148 Å². The zero-order valence-corrected chi connectivity index (χ0v) is 29.4. The number of benzene rings is 4. The summed E-state index contributed by atoms with van der Waals surface area (Å²) in [7, 11) is 1.46. The lowest BCUT2D eigenvalue weighted by atomic mass is 9.44. The number of hydrogen-bond acceptors (Lipinski definition) is 6. The fourth-order valence-corrected chi connectivity index (χ4v) is 9.66. The van der Waals surface area contributed by atoms with Crippen LogP contribution in [0.25, 0.3) is 11.6 Å². The van der Waals surface area contributed by atoms with Gasteiger partial charge in [-0.3, -0.25) is 24.1 Å². The standard InChI is InChI=1S/C43H34BrNO6/c1-3-24-14-16-28(17-15-24)45-41(49)30-19-18-29-32(37(30)42(45)50)22-34-39(47)31(25-10-6-4-7-11-25)23-36(46)43(34,26-12-8-5-9-13-26)38(29)33-20-27(44)21-35(51-2)40(33)48/h3-18,20-21,23,30,32,34,37-38,48H,1,19,22H2,2H3. The van der Waals surface area contributed by atoms with Gasteiger partial charge in [0.2, 0.25) is 11.8 Å². The minimum atomic E-state index is -1.47. The highest BCUT2D eigenvalue weighted by Crippen LogP contribution is 2.65. The molecule has 0 bridgehead atoms. The summed E-state index contributed by atoms with van der Waals surface area (Å²) in [6.07, 6.45) is 5.58. The highest BCUT2D eigenvalue weighted by Gasteiger charge is 2.66. The molecule has 254 valence electrons. The number of nitrogens with zero attached hydrogens (tertiary/aromatic N) is 1. The van der Waals surface area contributed by atoms with Crippen LogP contribution in [-0.2, 0) is 24.6 Å². The monoisotopic (exact) mass is 739 g/mol. The SMILES string of the molecule is C=Cc1ccc(N2C(=O)C3CC=C4C(CC5C(=O)C(c6ccccc6)=CC(=O)C5(c5ccccc5)C4c4cc(Br)cc(OC)c4O)C3C2=O)cc1. The lowest BCUT2D eigenvalue weighted by Gasteiger charge is -2.55. The van der Waals surface area contributed by atoms with Crippen molar-refractivity contribution < 1.29 is 29.0 Å². The van der Waals surface area contributed by atoms with Crippen LogP contribution in [0.15, 0.2) is 126 Å². The Kier molecular flexibility index (Phi) is 8.02. The van der Waals surface area contributed by atoms with Crippen molar-refractivity contribution in [2.75, 3.05) is 12.0 Å². The fraction of sp³-hybridized carbons (Fsp3) is 0.209. The summed E-state index contributed by atoms with van der Waals surface area (Å²) in [5, 5.41) is 11.9. The van der Waals surface area contributed by atoms with Gasteiger partial charge in [-0.25, -0.2) is 0 Å². The van der Waals surface area contributed by atoms with Crippen LogP contribution in [0.1, 0.15) is 41.0 Å². The number of amides is 2. The molecular formula is C43H34BrNO6. The van der Waals surface area contributed by atoms with Gasteiger partial charge in [0.25, 0.3) is 0 Å². The molecule has 8 rings (SSSR count). The number of carbonyl (C=O) groups excluding carboxylic acids is 4. The van der Waals surface area contributed by atoms with Crippen LogP contribution in [0.4, 0.5) is 5.69 Å². The van der Waals surface area contributed by atoms with E-state index in [1.165, 1.54) is 18.1 Å². The van der Waals surface area contributed by atoms with E-state index in [-0.39, 0.29) is 47.7 Å². The van der Waals surface area contributed by atoms with Crippen molar-refractivity contribution >= 4 is 56.6 Å². The molecule has 6 unspecified atom stereocenters. The number of phenolic OH excluding ortho intramolecular Hbond substituents is 1. The number of hydrogen-bond donors (Lipinski definition) is 1. The summed E-state index contributed by atoms with van der Waals surface area (Å²) in [6.45, 7) is 3.80. The van der Waals surface area contributed by atoms with Gasteiger partial charge < -0.3 is 9.84 Å². The van der Waals surface area contributed by atoms with Crippen LogP contribution < -0.4 is 9.64 Å². The lowest BCUT2D eigenvalue weighted by Crippen LogP contribution is -2.58. The van der Waals surface area contributed by atoms with E-state index in [4.69, 9.17) is 4.74 Å². The van der Waals surface area contributed by atoms with Gasteiger partial charge in [0.1, 0.15) is 0 Å². The van der Waals surface area contributed by atoms with Gasteiger partial charge in [-0.15, -0.1) is 0 Å². The number of carbonyl (C=O) groups is 4.